The molecule has 2 N–H and O–H groups in total. The van der Waals surface area contributed by atoms with Crippen molar-refractivity contribution in [2.24, 2.45) is 5.73 Å². The maximum absolute atomic E-state index is 9.51. The molecule has 6 heavy (non-hydrogen) atoms. The first-order chi connectivity index (χ1) is 2.81. The third-order valence-electron chi connectivity index (χ3n) is 0.314. The van der Waals surface area contributed by atoms with Crippen molar-refractivity contribution in [2.75, 3.05) is 0 Å². The zero-order valence-electron chi connectivity index (χ0n) is 3.13. The van der Waals surface area contributed by atoms with Crippen LogP contribution in [0.3, 0.4) is 0 Å². The largest absolute Gasteiger partial charge is 0.318 e. The molecular weight excluding hydrogens is 98.1 g/mol. The van der Waals surface area contributed by atoms with E-state index in [0.29, 0.717) is 6.29 Å². The minimum absolute atomic E-state index is 0.556. The van der Waals surface area contributed by atoms with E-state index >= 15 is 0 Å². The average molecular weight is 103 g/mol. The number of rotatable bonds is 2. The molecule has 0 saturated carbocycles. The van der Waals surface area contributed by atoms with Crippen LogP contribution in [0.2, 0.25) is 0 Å². The smallest absolute Gasteiger partial charge is 0.141 e. The Morgan fingerprint density at radius 2 is 2.33 bits per heavy atom. The molecule has 0 aliphatic carbocycles. The maximum Gasteiger partial charge on any atom is 0.141 e. The molecule has 0 aliphatic heterocycles. The minimum atomic E-state index is -0.556. The summed E-state index contributed by atoms with van der Waals surface area (Å²) in [6.45, 7) is 0. The number of nitrogens with two attached hydrogens (primary N) is 1. The van der Waals surface area contributed by atoms with Crippen LogP contribution >= 0.6 is 12.2 Å². The third kappa shape index (κ3) is 1.99. The van der Waals surface area contributed by atoms with Gasteiger partial charge in [0.2, 0.25) is 0 Å². The molecule has 0 heterocycles. The summed E-state index contributed by atoms with van der Waals surface area (Å²) in [5.74, 6) is 0. The molecule has 1 atom stereocenters. The highest BCUT2D eigenvalue weighted by atomic mass is 32.1. The standard InChI is InChI=1S/C3H5NOS/c4-3(1-5)2-6/h1-3H,4H2. The Labute approximate surface area is 41.3 Å². The highest BCUT2D eigenvalue weighted by Crippen LogP contribution is 1.58. The zero-order chi connectivity index (χ0) is 4.99. The second-order valence-corrected chi connectivity index (χ2v) is 1.12. The third-order valence-corrected chi connectivity index (χ3v) is 0.629. The molecule has 0 aromatic heterocycles. The fourth-order valence-electron chi connectivity index (χ4n) is 0.0321. The summed E-state index contributed by atoms with van der Waals surface area (Å²) in [7, 11) is 0. The van der Waals surface area contributed by atoms with Gasteiger partial charge in [0.15, 0.2) is 0 Å². The number of hydrogen-bond donors (Lipinski definition) is 1. The first kappa shape index (κ1) is 5.72. The quantitative estimate of drug-likeness (QED) is 0.379. The lowest BCUT2D eigenvalue weighted by Gasteiger charge is -1.83. The zero-order valence-corrected chi connectivity index (χ0v) is 3.94. The minimum Gasteiger partial charge on any atom is -0.318 e. The van der Waals surface area contributed by atoms with Crippen molar-refractivity contribution in [3.8, 4) is 0 Å². The van der Waals surface area contributed by atoms with Gasteiger partial charge >= 0.3 is 0 Å². The van der Waals surface area contributed by atoms with Crippen LogP contribution in [0, 0.1) is 0 Å². The molecule has 0 bridgehead atoms. The molecule has 0 spiro atoms. The van der Waals surface area contributed by atoms with E-state index in [9.17, 15) is 4.79 Å². The van der Waals surface area contributed by atoms with E-state index in [-0.39, 0.29) is 0 Å². The number of aldehydes is 1. The summed E-state index contributed by atoms with van der Waals surface area (Å²) < 4.78 is 0. The monoisotopic (exact) mass is 103 g/mol. The van der Waals surface area contributed by atoms with Crippen molar-refractivity contribution in [1.29, 1.82) is 0 Å². The summed E-state index contributed by atoms with van der Waals surface area (Å²) in [5, 5.41) is 1.22. The first-order valence-corrected chi connectivity index (χ1v) is 1.94. The number of carbonyl (C=O) groups is 1. The van der Waals surface area contributed by atoms with Crippen LogP contribution in [0.25, 0.3) is 0 Å². The predicted octanol–water partition coefficient (Wildman–Crippen LogP) is -0.488. The number of carbonyl (C=O) groups excluding carboxylic acids is 1. The van der Waals surface area contributed by atoms with E-state index in [1.165, 1.54) is 5.37 Å². The van der Waals surface area contributed by atoms with Gasteiger partial charge in [-0.1, -0.05) is 12.2 Å². The van der Waals surface area contributed by atoms with E-state index in [0.717, 1.165) is 0 Å². The van der Waals surface area contributed by atoms with Crippen LogP contribution in [0.15, 0.2) is 0 Å². The van der Waals surface area contributed by atoms with Gasteiger partial charge in [0, 0.05) is 5.37 Å². The molecular formula is C3H5NOS. The first-order valence-electron chi connectivity index (χ1n) is 1.47. The maximum atomic E-state index is 9.51. The van der Waals surface area contributed by atoms with Crippen molar-refractivity contribution in [3.63, 3.8) is 0 Å². The molecule has 1 unspecified atom stereocenters. The van der Waals surface area contributed by atoms with Crippen LogP contribution in [-0.2, 0) is 4.79 Å². The van der Waals surface area contributed by atoms with Crippen molar-refractivity contribution in [1.82, 2.24) is 0 Å². The van der Waals surface area contributed by atoms with E-state index in [4.69, 9.17) is 5.73 Å². The molecule has 0 aromatic carbocycles. The van der Waals surface area contributed by atoms with Crippen LogP contribution in [0.5, 0.6) is 0 Å². The van der Waals surface area contributed by atoms with Gasteiger partial charge in [-0.15, -0.1) is 0 Å². The number of thiocarbonyl (C=S) groups is 1. The van der Waals surface area contributed by atoms with E-state index in [1.807, 2.05) is 0 Å². The summed E-state index contributed by atoms with van der Waals surface area (Å²) in [4.78, 5) is 9.51. The van der Waals surface area contributed by atoms with E-state index < -0.39 is 6.04 Å². The van der Waals surface area contributed by atoms with Crippen molar-refractivity contribution < 1.29 is 4.79 Å². The van der Waals surface area contributed by atoms with Crippen LogP contribution in [0.4, 0.5) is 0 Å². The number of hydrogen-bond acceptors (Lipinski definition) is 3. The molecule has 34 valence electrons. The Kier molecular flexibility index (Phi) is 2.80. The molecule has 0 aliphatic rings. The van der Waals surface area contributed by atoms with Gasteiger partial charge in [0.25, 0.3) is 0 Å². The fourth-order valence-corrected chi connectivity index (χ4v) is 0.0962. The summed E-state index contributed by atoms with van der Waals surface area (Å²) in [6, 6.07) is -0.556. The lowest BCUT2D eigenvalue weighted by molar-refractivity contribution is -0.107. The Morgan fingerprint density at radius 1 is 1.83 bits per heavy atom. The van der Waals surface area contributed by atoms with Gasteiger partial charge in [0.1, 0.15) is 6.29 Å². The SMILES string of the molecule is NC(C=O)C=S. The van der Waals surface area contributed by atoms with E-state index in [2.05, 4.69) is 12.2 Å². The van der Waals surface area contributed by atoms with Gasteiger partial charge < -0.3 is 10.5 Å². The summed E-state index contributed by atoms with van der Waals surface area (Å²) in [6.07, 6.45) is 0.590. The van der Waals surface area contributed by atoms with Gasteiger partial charge in [-0.05, 0) is 0 Å². The van der Waals surface area contributed by atoms with Crippen LogP contribution in [-0.4, -0.2) is 17.7 Å². The highest BCUT2D eigenvalue weighted by Gasteiger charge is 1.86. The molecule has 0 fully saturated rings. The van der Waals surface area contributed by atoms with Crippen molar-refractivity contribution >= 4 is 23.9 Å². The molecule has 0 aromatic rings. The second-order valence-electron chi connectivity index (χ2n) is 0.850. The molecule has 0 amide bonds. The molecule has 0 saturated heterocycles. The fraction of sp³-hybridized carbons (Fsp3) is 0.333. The van der Waals surface area contributed by atoms with Gasteiger partial charge in [-0.25, -0.2) is 0 Å². The lowest BCUT2D eigenvalue weighted by atomic mass is 10.4. The van der Waals surface area contributed by atoms with Crippen molar-refractivity contribution in [2.45, 2.75) is 6.04 Å². The molecule has 2 nitrogen and oxygen atoms in total. The second kappa shape index (κ2) is 2.93. The topological polar surface area (TPSA) is 43.1 Å². The summed E-state index contributed by atoms with van der Waals surface area (Å²) >= 11 is 4.29. The lowest BCUT2D eigenvalue weighted by Crippen LogP contribution is -2.21. The Bertz CT molecular complexity index is 55.8. The highest BCUT2D eigenvalue weighted by molar-refractivity contribution is 7.79. The van der Waals surface area contributed by atoms with Crippen LogP contribution < -0.4 is 5.73 Å². The van der Waals surface area contributed by atoms with Crippen molar-refractivity contribution in [3.05, 3.63) is 0 Å². The Morgan fingerprint density at radius 3 is 2.33 bits per heavy atom. The average Bonchev–Trinajstić information content (AvgIpc) is 1.65. The Balaban J connectivity index is 3.21. The molecule has 0 rings (SSSR count). The Hall–Kier alpha value is -0.280. The van der Waals surface area contributed by atoms with Gasteiger partial charge in [-0.2, -0.15) is 0 Å². The van der Waals surface area contributed by atoms with Gasteiger partial charge in [-0.3, -0.25) is 0 Å². The van der Waals surface area contributed by atoms with Crippen LogP contribution in [0.1, 0.15) is 0 Å². The predicted molar refractivity (Wildman–Crippen MR) is 27.7 cm³/mol. The molecule has 0 radical (unpaired) electrons. The van der Waals surface area contributed by atoms with Gasteiger partial charge in [0.05, 0.1) is 6.04 Å². The normalized spacial score (nSPS) is 12.8. The molecule has 3 heteroatoms. The summed E-state index contributed by atoms with van der Waals surface area (Å²) in [5.41, 5.74) is 4.94. The van der Waals surface area contributed by atoms with E-state index in [1.54, 1.807) is 0 Å².